The van der Waals surface area contributed by atoms with Crippen molar-refractivity contribution >= 4 is 11.8 Å². The van der Waals surface area contributed by atoms with Gasteiger partial charge < -0.3 is 14.6 Å². The third kappa shape index (κ3) is 2.69. The Hall–Kier alpha value is -1.85. The van der Waals surface area contributed by atoms with E-state index in [4.69, 9.17) is 4.42 Å². The fourth-order valence-electron chi connectivity index (χ4n) is 2.24. The first-order valence-corrected chi connectivity index (χ1v) is 6.98. The molecule has 1 saturated heterocycles. The highest BCUT2D eigenvalue weighted by molar-refractivity contribution is 5.96. The number of oxazole rings is 1. The quantitative estimate of drug-likeness (QED) is 0.895. The maximum Gasteiger partial charge on any atom is 0.246 e. The second-order valence-electron chi connectivity index (χ2n) is 5.45. The smallest absolute Gasteiger partial charge is 0.246 e. The first-order valence-electron chi connectivity index (χ1n) is 6.98. The van der Waals surface area contributed by atoms with Gasteiger partial charge in [0.1, 0.15) is 17.8 Å². The van der Waals surface area contributed by atoms with E-state index >= 15 is 0 Å². The lowest BCUT2D eigenvalue weighted by Crippen LogP contribution is -2.63. The Labute approximate surface area is 118 Å². The molecule has 1 aromatic rings. The zero-order valence-electron chi connectivity index (χ0n) is 12.3. The molecular weight excluding hydrogens is 258 g/mol. The van der Waals surface area contributed by atoms with Gasteiger partial charge in [0, 0.05) is 6.42 Å². The molecule has 110 valence electrons. The second kappa shape index (κ2) is 5.64. The highest BCUT2D eigenvalue weighted by Crippen LogP contribution is 2.18. The molecule has 2 heterocycles. The van der Waals surface area contributed by atoms with Crippen LogP contribution in [0.1, 0.15) is 39.3 Å². The zero-order chi connectivity index (χ0) is 14.9. The largest absolute Gasteiger partial charge is 0.444 e. The Morgan fingerprint density at radius 2 is 2.15 bits per heavy atom. The van der Waals surface area contributed by atoms with E-state index in [0.29, 0.717) is 5.89 Å². The number of piperazine rings is 1. The van der Waals surface area contributed by atoms with Gasteiger partial charge in [0.15, 0.2) is 0 Å². The number of hydrogen-bond donors (Lipinski definition) is 1. The fraction of sp³-hybridized carbons (Fsp3) is 0.643. The van der Waals surface area contributed by atoms with Crippen LogP contribution in [0, 0.1) is 5.92 Å². The summed E-state index contributed by atoms with van der Waals surface area (Å²) in [5, 5.41) is 2.77. The van der Waals surface area contributed by atoms with Crippen LogP contribution in [-0.2, 0) is 22.6 Å². The number of rotatable bonds is 4. The van der Waals surface area contributed by atoms with E-state index < -0.39 is 12.1 Å². The summed E-state index contributed by atoms with van der Waals surface area (Å²) in [6, 6.07) is -0.978. The van der Waals surface area contributed by atoms with Crippen molar-refractivity contribution in [1.82, 2.24) is 15.2 Å². The lowest BCUT2D eigenvalue weighted by Gasteiger charge is -2.38. The van der Waals surface area contributed by atoms with Crippen LogP contribution < -0.4 is 5.32 Å². The molecule has 1 fully saturated rings. The van der Waals surface area contributed by atoms with Gasteiger partial charge in [-0.1, -0.05) is 20.8 Å². The molecule has 6 nitrogen and oxygen atoms in total. The molecular formula is C14H21N3O3. The van der Waals surface area contributed by atoms with Crippen molar-refractivity contribution in [1.29, 1.82) is 0 Å². The van der Waals surface area contributed by atoms with E-state index in [1.54, 1.807) is 13.1 Å². The molecule has 2 rings (SSSR count). The van der Waals surface area contributed by atoms with E-state index in [-0.39, 0.29) is 24.3 Å². The summed E-state index contributed by atoms with van der Waals surface area (Å²) in [6.07, 6.45) is 2.42. The predicted octanol–water partition coefficient (Wildman–Crippen LogP) is 1.11. The van der Waals surface area contributed by atoms with Crippen LogP contribution >= 0.6 is 0 Å². The average molecular weight is 279 g/mol. The summed E-state index contributed by atoms with van der Waals surface area (Å²) in [5.74, 6) is 1.09. The van der Waals surface area contributed by atoms with Crippen LogP contribution in [-0.4, -0.2) is 33.8 Å². The van der Waals surface area contributed by atoms with Crippen molar-refractivity contribution in [3.63, 3.8) is 0 Å². The molecule has 0 aromatic carbocycles. The van der Waals surface area contributed by atoms with E-state index in [9.17, 15) is 9.59 Å². The maximum absolute atomic E-state index is 12.4. The summed E-state index contributed by atoms with van der Waals surface area (Å²) in [4.78, 5) is 30.1. The number of carbonyl (C=O) groups is 2. The molecule has 0 saturated carbocycles. The van der Waals surface area contributed by atoms with Crippen LogP contribution in [0.3, 0.4) is 0 Å². The van der Waals surface area contributed by atoms with Crippen LogP contribution in [0.15, 0.2) is 10.6 Å². The SMILES string of the molecule is CCc1cnc(CN2C(=O)C(C(C)C)NC(=O)C2C)o1. The van der Waals surface area contributed by atoms with Crippen molar-refractivity contribution in [3.8, 4) is 0 Å². The lowest BCUT2D eigenvalue weighted by molar-refractivity contribution is -0.150. The maximum atomic E-state index is 12.4. The van der Waals surface area contributed by atoms with Crippen LogP contribution in [0.5, 0.6) is 0 Å². The highest BCUT2D eigenvalue weighted by Gasteiger charge is 2.39. The van der Waals surface area contributed by atoms with Crippen LogP contribution in [0.25, 0.3) is 0 Å². The van der Waals surface area contributed by atoms with Gasteiger partial charge in [0.05, 0.1) is 12.7 Å². The molecule has 2 atom stereocenters. The zero-order valence-corrected chi connectivity index (χ0v) is 12.3. The Morgan fingerprint density at radius 1 is 1.45 bits per heavy atom. The molecule has 1 N–H and O–H groups in total. The van der Waals surface area contributed by atoms with Crippen molar-refractivity contribution in [2.75, 3.05) is 0 Å². The van der Waals surface area contributed by atoms with Gasteiger partial charge in [-0.05, 0) is 12.8 Å². The lowest BCUT2D eigenvalue weighted by atomic mass is 9.98. The number of aryl methyl sites for hydroxylation is 1. The standard InChI is InChI=1S/C14H21N3O3/c1-5-10-6-15-11(20-10)7-17-9(4)13(18)16-12(8(2)3)14(17)19/h6,8-9,12H,5,7H2,1-4H3,(H,16,18). The Balaban J connectivity index is 2.18. The Morgan fingerprint density at radius 3 is 2.70 bits per heavy atom. The van der Waals surface area contributed by atoms with Crippen LogP contribution in [0.4, 0.5) is 0 Å². The molecule has 1 aliphatic heterocycles. The summed E-state index contributed by atoms with van der Waals surface area (Å²) in [5.41, 5.74) is 0. The van der Waals surface area contributed by atoms with Crippen molar-refractivity contribution in [2.24, 2.45) is 5.92 Å². The topological polar surface area (TPSA) is 75.4 Å². The second-order valence-corrected chi connectivity index (χ2v) is 5.45. The van der Waals surface area contributed by atoms with Gasteiger partial charge >= 0.3 is 0 Å². The van der Waals surface area contributed by atoms with Crippen molar-refractivity contribution in [3.05, 3.63) is 17.8 Å². The van der Waals surface area contributed by atoms with E-state index in [2.05, 4.69) is 10.3 Å². The van der Waals surface area contributed by atoms with Gasteiger partial charge in [0.25, 0.3) is 0 Å². The van der Waals surface area contributed by atoms with E-state index in [0.717, 1.165) is 12.2 Å². The van der Waals surface area contributed by atoms with Gasteiger partial charge in [-0.25, -0.2) is 4.98 Å². The fourth-order valence-corrected chi connectivity index (χ4v) is 2.24. The van der Waals surface area contributed by atoms with Crippen molar-refractivity contribution < 1.29 is 14.0 Å². The van der Waals surface area contributed by atoms with Gasteiger partial charge in [-0.2, -0.15) is 0 Å². The summed E-state index contributed by atoms with van der Waals surface area (Å²) < 4.78 is 5.53. The summed E-state index contributed by atoms with van der Waals surface area (Å²) in [7, 11) is 0. The number of nitrogens with one attached hydrogen (secondary N) is 1. The molecule has 0 radical (unpaired) electrons. The molecule has 0 aliphatic carbocycles. The number of aromatic nitrogens is 1. The highest BCUT2D eigenvalue weighted by atomic mass is 16.4. The molecule has 20 heavy (non-hydrogen) atoms. The number of hydrogen-bond acceptors (Lipinski definition) is 4. The minimum Gasteiger partial charge on any atom is -0.444 e. The van der Waals surface area contributed by atoms with E-state index in [1.807, 2.05) is 20.8 Å². The third-order valence-corrected chi connectivity index (χ3v) is 3.62. The van der Waals surface area contributed by atoms with Crippen LogP contribution in [0.2, 0.25) is 0 Å². The molecule has 0 spiro atoms. The number of carbonyl (C=O) groups excluding carboxylic acids is 2. The molecule has 1 aromatic heterocycles. The number of nitrogens with zero attached hydrogens (tertiary/aromatic N) is 2. The Kier molecular flexibility index (Phi) is 4.11. The van der Waals surface area contributed by atoms with Gasteiger partial charge in [-0.3, -0.25) is 9.59 Å². The molecule has 0 bridgehead atoms. The van der Waals surface area contributed by atoms with Crippen molar-refractivity contribution in [2.45, 2.75) is 52.7 Å². The minimum atomic E-state index is -0.505. The molecule has 1 aliphatic rings. The van der Waals surface area contributed by atoms with Gasteiger partial charge in [0.2, 0.25) is 17.7 Å². The monoisotopic (exact) mass is 279 g/mol. The third-order valence-electron chi connectivity index (χ3n) is 3.62. The normalized spacial score (nSPS) is 23.4. The number of amides is 2. The van der Waals surface area contributed by atoms with Gasteiger partial charge in [-0.15, -0.1) is 0 Å². The van der Waals surface area contributed by atoms with E-state index in [1.165, 1.54) is 4.90 Å². The first kappa shape index (κ1) is 14.6. The average Bonchev–Trinajstić information content (AvgIpc) is 2.86. The summed E-state index contributed by atoms with van der Waals surface area (Å²) >= 11 is 0. The molecule has 6 heteroatoms. The summed E-state index contributed by atoms with van der Waals surface area (Å²) in [6.45, 7) is 7.75. The molecule has 2 unspecified atom stereocenters. The predicted molar refractivity (Wildman–Crippen MR) is 72.7 cm³/mol. The first-order chi connectivity index (χ1) is 9.43. The Bertz CT molecular complexity index is 510. The minimum absolute atomic E-state index is 0.0530. The molecule has 2 amide bonds.